The SMILES string of the molecule is [NH3+]OC(=O)CN(CC(=O)O)C(CCC(=O)O)C(=O)O[NH3+]. The lowest BCUT2D eigenvalue weighted by Crippen LogP contribution is -2.59. The summed E-state index contributed by atoms with van der Waals surface area (Å²) < 4.78 is 0. The predicted octanol–water partition coefficient (Wildman–Crippen LogP) is -3.99. The van der Waals surface area contributed by atoms with E-state index in [4.69, 9.17) is 10.2 Å². The van der Waals surface area contributed by atoms with Gasteiger partial charge in [0.15, 0.2) is 0 Å². The standard InChI is InChI=1S/C9H15N3O8/c10-19-8(17)4-12(3-7(15)16)5(9(18)20-11)1-2-6(13)14/h5H,1-4H2,10-11H3/p+2. The lowest BCUT2D eigenvalue weighted by molar-refractivity contribution is -0.658. The Morgan fingerprint density at radius 2 is 1.60 bits per heavy atom. The quantitative estimate of drug-likeness (QED) is 0.307. The molecule has 0 bridgehead atoms. The van der Waals surface area contributed by atoms with E-state index in [-0.39, 0.29) is 6.42 Å². The van der Waals surface area contributed by atoms with Crippen LogP contribution in [-0.2, 0) is 28.9 Å². The molecule has 11 heteroatoms. The first-order valence-corrected chi connectivity index (χ1v) is 5.40. The van der Waals surface area contributed by atoms with Crippen molar-refractivity contribution in [3.8, 4) is 0 Å². The molecule has 0 aliphatic rings. The van der Waals surface area contributed by atoms with Crippen LogP contribution in [0.1, 0.15) is 12.8 Å². The molecule has 1 atom stereocenters. The van der Waals surface area contributed by atoms with Crippen molar-refractivity contribution in [2.75, 3.05) is 13.1 Å². The number of nitrogens with zero attached hydrogens (tertiary/aromatic N) is 1. The normalized spacial score (nSPS) is 11.8. The number of carbonyl (C=O) groups is 4. The third kappa shape index (κ3) is 6.63. The molecule has 1 unspecified atom stereocenters. The summed E-state index contributed by atoms with van der Waals surface area (Å²) in [6.45, 7) is -1.22. The van der Waals surface area contributed by atoms with Crippen molar-refractivity contribution in [3.05, 3.63) is 0 Å². The summed E-state index contributed by atoms with van der Waals surface area (Å²) in [5.41, 5.74) is 0. The van der Waals surface area contributed by atoms with E-state index in [9.17, 15) is 19.2 Å². The van der Waals surface area contributed by atoms with E-state index in [1.54, 1.807) is 0 Å². The van der Waals surface area contributed by atoms with E-state index in [2.05, 4.69) is 21.5 Å². The van der Waals surface area contributed by atoms with Gasteiger partial charge in [-0.3, -0.25) is 24.2 Å². The molecule has 0 spiro atoms. The fourth-order valence-corrected chi connectivity index (χ4v) is 1.47. The topological polar surface area (TPSA) is 186 Å². The van der Waals surface area contributed by atoms with Crippen LogP contribution in [0, 0.1) is 0 Å². The van der Waals surface area contributed by atoms with Gasteiger partial charge >= 0.3 is 23.9 Å². The molecular weight excluding hydrogens is 278 g/mol. The fourth-order valence-electron chi connectivity index (χ4n) is 1.47. The number of rotatable bonds is 9. The Hall–Kier alpha value is -2.24. The highest BCUT2D eigenvalue weighted by atomic mass is 16.7. The molecular formula is C9H17N3O8+2. The maximum atomic E-state index is 11.5. The lowest BCUT2D eigenvalue weighted by Gasteiger charge is -2.25. The van der Waals surface area contributed by atoms with E-state index in [1.165, 1.54) is 0 Å². The monoisotopic (exact) mass is 295 g/mol. The van der Waals surface area contributed by atoms with Crippen LogP contribution in [0.25, 0.3) is 0 Å². The summed E-state index contributed by atoms with van der Waals surface area (Å²) in [6.07, 6.45) is -0.642. The molecule has 11 nitrogen and oxygen atoms in total. The van der Waals surface area contributed by atoms with Crippen LogP contribution in [0.15, 0.2) is 0 Å². The molecule has 0 saturated heterocycles. The average molecular weight is 295 g/mol. The van der Waals surface area contributed by atoms with Gasteiger partial charge in [-0.2, -0.15) is 11.8 Å². The van der Waals surface area contributed by atoms with Gasteiger partial charge in [-0.15, -0.1) is 0 Å². The zero-order valence-corrected chi connectivity index (χ0v) is 10.6. The van der Waals surface area contributed by atoms with E-state index in [1.807, 2.05) is 0 Å². The van der Waals surface area contributed by atoms with E-state index < -0.39 is 49.4 Å². The van der Waals surface area contributed by atoms with Crippen LogP contribution < -0.4 is 11.8 Å². The second-order valence-electron chi connectivity index (χ2n) is 3.73. The van der Waals surface area contributed by atoms with Crippen LogP contribution in [0.4, 0.5) is 0 Å². The van der Waals surface area contributed by atoms with Crippen molar-refractivity contribution in [1.82, 2.24) is 4.90 Å². The summed E-state index contributed by atoms with van der Waals surface area (Å²) >= 11 is 0. The molecule has 0 radical (unpaired) electrons. The van der Waals surface area contributed by atoms with Gasteiger partial charge in [0.2, 0.25) is 0 Å². The van der Waals surface area contributed by atoms with Gasteiger partial charge in [-0.1, -0.05) is 0 Å². The summed E-state index contributed by atoms with van der Waals surface area (Å²) in [6, 6.07) is -1.24. The number of quaternary nitrogens is 2. The number of carboxylic acid groups (broad SMARTS) is 2. The zero-order chi connectivity index (χ0) is 15.7. The number of aliphatic carboxylic acids is 2. The molecule has 0 heterocycles. The largest absolute Gasteiger partial charge is 0.481 e. The lowest BCUT2D eigenvalue weighted by atomic mass is 10.1. The van der Waals surface area contributed by atoms with Gasteiger partial charge in [0.25, 0.3) is 0 Å². The Labute approximate surface area is 112 Å². The van der Waals surface area contributed by atoms with E-state index >= 15 is 0 Å². The van der Waals surface area contributed by atoms with E-state index in [0.29, 0.717) is 0 Å². The number of carbonyl (C=O) groups excluding carboxylic acids is 2. The first kappa shape index (κ1) is 17.8. The summed E-state index contributed by atoms with van der Waals surface area (Å²) in [4.78, 5) is 53.3. The summed E-state index contributed by atoms with van der Waals surface area (Å²) in [7, 11) is 0. The molecule has 0 aliphatic heterocycles. The second kappa shape index (κ2) is 8.79. The molecule has 0 rings (SSSR count). The van der Waals surface area contributed by atoms with Crippen LogP contribution in [0.5, 0.6) is 0 Å². The third-order valence-electron chi connectivity index (χ3n) is 2.32. The third-order valence-corrected chi connectivity index (χ3v) is 2.32. The first-order chi connectivity index (χ1) is 9.31. The first-order valence-electron chi connectivity index (χ1n) is 5.40. The number of hydrogen-bond donors (Lipinski definition) is 4. The van der Waals surface area contributed by atoms with Crippen LogP contribution in [0.3, 0.4) is 0 Å². The van der Waals surface area contributed by atoms with Crippen molar-refractivity contribution < 1.29 is 50.9 Å². The van der Waals surface area contributed by atoms with Gasteiger partial charge in [0.1, 0.15) is 12.6 Å². The molecule has 20 heavy (non-hydrogen) atoms. The smallest absolute Gasteiger partial charge is 0.383 e. The van der Waals surface area contributed by atoms with E-state index in [0.717, 1.165) is 4.90 Å². The molecule has 0 aromatic rings. The Kier molecular flexibility index (Phi) is 7.81. The molecule has 0 saturated carbocycles. The van der Waals surface area contributed by atoms with Gasteiger partial charge in [0, 0.05) is 6.42 Å². The van der Waals surface area contributed by atoms with Crippen LogP contribution >= 0.6 is 0 Å². The highest BCUT2D eigenvalue weighted by molar-refractivity contribution is 5.79. The second-order valence-corrected chi connectivity index (χ2v) is 3.73. The van der Waals surface area contributed by atoms with Crippen molar-refractivity contribution in [1.29, 1.82) is 0 Å². The van der Waals surface area contributed by atoms with Gasteiger partial charge < -0.3 is 10.2 Å². The highest BCUT2D eigenvalue weighted by Crippen LogP contribution is 2.09. The van der Waals surface area contributed by atoms with Crippen molar-refractivity contribution in [2.45, 2.75) is 18.9 Å². The zero-order valence-electron chi connectivity index (χ0n) is 10.6. The molecule has 0 fully saturated rings. The van der Waals surface area contributed by atoms with Crippen molar-refractivity contribution in [3.63, 3.8) is 0 Å². The average Bonchev–Trinajstić information content (AvgIpc) is 2.37. The predicted molar refractivity (Wildman–Crippen MR) is 57.8 cm³/mol. The molecule has 0 aliphatic carbocycles. The fraction of sp³-hybridized carbons (Fsp3) is 0.556. The Morgan fingerprint density at radius 3 is 2.00 bits per heavy atom. The van der Waals surface area contributed by atoms with Gasteiger partial charge in [0.05, 0.1) is 6.54 Å². The summed E-state index contributed by atoms with van der Waals surface area (Å²) in [5.74, 6) is 1.47. The van der Waals surface area contributed by atoms with Crippen LogP contribution in [-0.4, -0.2) is 58.1 Å². The van der Waals surface area contributed by atoms with Gasteiger partial charge in [-0.05, 0) is 6.42 Å². The summed E-state index contributed by atoms with van der Waals surface area (Å²) in [5, 5.41) is 17.4. The van der Waals surface area contributed by atoms with Gasteiger partial charge in [-0.25, -0.2) is 9.59 Å². The Balaban J connectivity index is 5.04. The minimum Gasteiger partial charge on any atom is -0.481 e. The van der Waals surface area contributed by atoms with Crippen molar-refractivity contribution in [2.24, 2.45) is 0 Å². The molecule has 0 aromatic carbocycles. The molecule has 0 amide bonds. The van der Waals surface area contributed by atoms with Crippen molar-refractivity contribution >= 4 is 23.9 Å². The minimum absolute atomic E-state index is 0.235. The minimum atomic E-state index is -1.31. The molecule has 114 valence electrons. The maximum absolute atomic E-state index is 11.5. The Bertz CT molecular complexity index is 385. The highest BCUT2D eigenvalue weighted by Gasteiger charge is 2.32. The number of hydrogen-bond acceptors (Lipinski definition) is 7. The van der Waals surface area contributed by atoms with Crippen LogP contribution in [0.2, 0.25) is 0 Å². The maximum Gasteiger partial charge on any atom is 0.383 e. The number of carboxylic acids is 2. The molecule has 8 N–H and O–H groups in total. The molecule has 0 aromatic heterocycles. The Morgan fingerprint density at radius 1 is 1.00 bits per heavy atom.